The molecule has 0 radical (unpaired) electrons. The van der Waals surface area contributed by atoms with Crippen molar-refractivity contribution in [2.75, 3.05) is 6.54 Å². The Hall–Kier alpha value is -3.34. The third-order valence-corrected chi connectivity index (χ3v) is 5.48. The number of fused-ring (bicyclic) bond motifs is 1. The number of carbonyl (C=O) groups excluding carboxylic acids is 1. The van der Waals surface area contributed by atoms with Crippen LogP contribution < -0.4 is 0 Å². The van der Waals surface area contributed by atoms with Crippen LogP contribution >= 0.6 is 0 Å². The molecule has 0 fully saturated rings. The molecule has 5 nitrogen and oxygen atoms in total. The van der Waals surface area contributed by atoms with E-state index in [1.54, 1.807) is 29.2 Å². The Morgan fingerprint density at radius 2 is 1.71 bits per heavy atom. The average molecular weight is 374 g/mol. The van der Waals surface area contributed by atoms with E-state index < -0.39 is 17.9 Å². The number of carbonyl (C=O) groups is 2. The first-order valence-electron chi connectivity index (χ1n) is 9.36. The largest absolute Gasteiger partial charge is 0.481 e. The molecule has 0 spiro atoms. The van der Waals surface area contributed by atoms with Gasteiger partial charge in [0.2, 0.25) is 0 Å². The second-order valence-corrected chi connectivity index (χ2v) is 7.13. The molecule has 5 heteroatoms. The van der Waals surface area contributed by atoms with Gasteiger partial charge in [-0.1, -0.05) is 48.5 Å². The number of aryl methyl sites for hydroxylation is 1. The van der Waals surface area contributed by atoms with Crippen LogP contribution in [-0.2, 0) is 18.3 Å². The van der Waals surface area contributed by atoms with Gasteiger partial charge >= 0.3 is 5.97 Å². The molecule has 0 saturated heterocycles. The summed E-state index contributed by atoms with van der Waals surface area (Å²) in [6.45, 7) is 0.455. The molecule has 1 aliphatic rings. The molecule has 0 unspecified atom stereocenters. The van der Waals surface area contributed by atoms with E-state index in [1.165, 1.54) is 0 Å². The first kappa shape index (κ1) is 18.0. The minimum absolute atomic E-state index is 0.116. The predicted octanol–water partition coefficient (Wildman–Crippen LogP) is 3.63. The fourth-order valence-electron chi connectivity index (χ4n) is 4.11. The zero-order valence-corrected chi connectivity index (χ0v) is 15.7. The van der Waals surface area contributed by atoms with Crippen LogP contribution in [0.2, 0.25) is 0 Å². The van der Waals surface area contributed by atoms with E-state index in [9.17, 15) is 14.7 Å². The van der Waals surface area contributed by atoms with E-state index in [4.69, 9.17) is 0 Å². The predicted molar refractivity (Wildman–Crippen MR) is 106 cm³/mol. The molecule has 0 aliphatic carbocycles. The topological polar surface area (TPSA) is 62.5 Å². The summed E-state index contributed by atoms with van der Waals surface area (Å²) < 4.78 is 1.90. The number of hydrogen-bond donors (Lipinski definition) is 1. The fraction of sp³-hybridized carbons (Fsp3) is 0.217. The molecule has 142 valence electrons. The smallest absolute Gasteiger partial charge is 0.313 e. The monoisotopic (exact) mass is 374 g/mol. The number of aromatic nitrogens is 1. The highest BCUT2D eigenvalue weighted by Gasteiger charge is 2.44. The van der Waals surface area contributed by atoms with Gasteiger partial charge in [-0.25, -0.2) is 0 Å². The van der Waals surface area contributed by atoms with Crippen molar-refractivity contribution in [1.82, 2.24) is 9.47 Å². The Balaban J connectivity index is 1.80. The summed E-state index contributed by atoms with van der Waals surface area (Å²) >= 11 is 0. The van der Waals surface area contributed by atoms with Crippen molar-refractivity contribution < 1.29 is 14.7 Å². The van der Waals surface area contributed by atoms with E-state index in [1.807, 2.05) is 60.3 Å². The summed E-state index contributed by atoms with van der Waals surface area (Å²) in [6.07, 6.45) is 2.55. The SMILES string of the molecule is Cn1cccc1[C@@H]1[C@H](C(=O)O)c2ccccc2C(=O)N1CCc1ccccc1. The third kappa shape index (κ3) is 3.09. The highest BCUT2D eigenvalue weighted by atomic mass is 16.4. The molecule has 1 aliphatic heterocycles. The summed E-state index contributed by atoms with van der Waals surface area (Å²) in [4.78, 5) is 27.4. The van der Waals surface area contributed by atoms with Gasteiger partial charge in [0.1, 0.15) is 5.92 Å². The molecule has 28 heavy (non-hydrogen) atoms. The lowest BCUT2D eigenvalue weighted by Crippen LogP contribution is -2.46. The highest BCUT2D eigenvalue weighted by molar-refractivity contribution is 6.00. The van der Waals surface area contributed by atoms with E-state index in [0.29, 0.717) is 24.1 Å². The summed E-state index contributed by atoms with van der Waals surface area (Å²) in [6, 6.07) is 20.2. The van der Waals surface area contributed by atoms with Gasteiger partial charge in [-0.3, -0.25) is 9.59 Å². The summed E-state index contributed by atoms with van der Waals surface area (Å²) in [5.41, 5.74) is 3.01. The maximum absolute atomic E-state index is 13.3. The molecule has 2 heterocycles. The van der Waals surface area contributed by atoms with Crippen LogP contribution in [0, 0.1) is 0 Å². The number of carboxylic acids is 1. The number of rotatable bonds is 5. The summed E-state index contributed by atoms with van der Waals surface area (Å²) in [5, 5.41) is 10.1. The van der Waals surface area contributed by atoms with Crippen molar-refractivity contribution in [3.8, 4) is 0 Å². The van der Waals surface area contributed by atoms with E-state index >= 15 is 0 Å². The second kappa shape index (κ2) is 7.35. The lowest BCUT2D eigenvalue weighted by Gasteiger charge is -2.40. The van der Waals surface area contributed by atoms with Crippen LogP contribution in [0.4, 0.5) is 0 Å². The van der Waals surface area contributed by atoms with Crippen molar-refractivity contribution in [2.45, 2.75) is 18.4 Å². The van der Waals surface area contributed by atoms with Gasteiger partial charge in [0.25, 0.3) is 5.91 Å². The molecule has 0 bridgehead atoms. The van der Waals surface area contributed by atoms with Crippen molar-refractivity contribution in [2.24, 2.45) is 7.05 Å². The van der Waals surface area contributed by atoms with Gasteiger partial charge in [-0.15, -0.1) is 0 Å². The lowest BCUT2D eigenvalue weighted by atomic mass is 9.81. The van der Waals surface area contributed by atoms with Gasteiger partial charge in [0.15, 0.2) is 0 Å². The normalized spacial score (nSPS) is 18.8. The minimum atomic E-state index is -0.920. The summed E-state index contributed by atoms with van der Waals surface area (Å²) in [5.74, 6) is -1.84. The Kier molecular flexibility index (Phi) is 4.74. The average Bonchev–Trinajstić information content (AvgIpc) is 3.13. The number of amides is 1. The molecular formula is C23H22N2O3. The fourth-order valence-corrected chi connectivity index (χ4v) is 4.11. The minimum Gasteiger partial charge on any atom is -0.481 e. The molecule has 2 aromatic carbocycles. The number of hydrogen-bond acceptors (Lipinski definition) is 2. The van der Waals surface area contributed by atoms with E-state index in [-0.39, 0.29) is 5.91 Å². The molecule has 1 aromatic heterocycles. The van der Waals surface area contributed by atoms with E-state index in [2.05, 4.69) is 0 Å². The standard InChI is InChI=1S/C23H22N2O3/c1-24-14-7-12-19(24)21-20(23(27)28)17-10-5-6-11-18(17)22(26)25(21)15-13-16-8-3-2-4-9-16/h2-12,14,20-21H,13,15H2,1H3,(H,27,28)/t20-,21-/m1/s1. The van der Waals surface area contributed by atoms with Crippen LogP contribution in [0.1, 0.15) is 39.1 Å². The van der Waals surface area contributed by atoms with Crippen molar-refractivity contribution in [1.29, 1.82) is 0 Å². The quantitative estimate of drug-likeness (QED) is 0.742. The molecular weight excluding hydrogens is 352 g/mol. The molecule has 3 aromatic rings. The van der Waals surface area contributed by atoms with Crippen molar-refractivity contribution >= 4 is 11.9 Å². The van der Waals surface area contributed by atoms with E-state index in [0.717, 1.165) is 11.3 Å². The van der Waals surface area contributed by atoms with Crippen LogP contribution in [0.5, 0.6) is 0 Å². The molecule has 1 amide bonds. The van der Waals surface area contributed by atoms with Gasteiger partial charge in [0.05, 0.1) is 6.04 Å². The zero-order valence-electron chi connectivity index (χ0n) is 15.7. The number of aliphatic carboxylic acids is 1. The van der Waals surface area contributed by atoms with Crippen LogP contribution in [0.3, 0.4) is 0 Å². The molecule has 0 saturated carbocycles. The first-order chi connectivity index (χ1) is 13.6. The maximum atomic E-state index is 13.3. The summed E-state index contributed by atoms with van der Waals surface area (Å²) in [7, 11) is 1.88. The van der Waals surface area contributed by atoms with Gasteiger partial charge in [-0.2, -0.15) is 0 Å². The van der Waals surface area contributed by atoms with Crippen LogP contribution in [-0.4, -0.2) is 33.0 Å². The first-order valence-corrected chi connectivity index (χ1v) is 9.36. The number of nitrogens with zero attached hydrogens (tertiary/aromatic N) is 2. The lowest BCUT2D eigenvalue weighted by molar-refractivity contribution is -0.140. The molecule has 1 N–H and O–H groups in total. The second-order valence-electron chi connectivity index (χ2n) is 7.13. The van der Waals surface area contributed by atoms with Crippen LogP contribution in [0.15, 0.2) is 72.9 Å². The molecule has 2 atom stereocenters. The van der Waals surface area contributed by atoms with Gasteiger partial charge < -0.3 is 14.6 Å². The van der Waals surface area contributed by atoms with Gasteiger partial charge in [-0.05, 0) is 35.7 Å². The Morgan fingerprint density at radius 3 is 2.39 bits per heavy atom. The van der Waals surface area contributed by atoms with Crippen LogP contribution in [0.25, 0.3) is 0 Å². The van der Waals surface area contributed by atoms with Crippen molar-refractivity contribution in [3.63, 3.8) is 0 Å². The number of benzene rings is 2. The maximum Gasteiger partial charge on any atom is 0.313 e. The van der Waals surface area contributed by atoms with Gasteiger partial charge in [0, 0.05) is 31.0 Å². The highest BCUT2D eigenvalue weighted by Crippen LogP contribution is 2.42. The number of carboxylic acid groups (broad SMARTS) is 1. The Morgan fingerprint density at radius 1 is 1.00 bits per heavy atom. The Labute approximate surface area is 163 Å². The third-order valence-electron chi connectivity index (χ3n) is 5.48. The zero-order chi connectivity index (χ0) is 19.7. The molecule has 4 rings (SSSR count). The van der Waals surface area contributed by atoms with Crippen molar-refractivity contribution in [3.05, 3.63) is 95.3 Å². The Bertz CT molecular complexity index is 1010.